The van der Waals surface area contributed by atoms with E-state index in [4.69, 9.17) is 0 Å². The third-order valence-corrected chi connectivity index (χ3v) is 4.16. The molecule has 1 N–H and O–H groups in total. The van der Waals surface area contributed by atoms with Gasteiger partial charge in [0.15, 0.2) is 0 Å². The Bertz CT molecular complexity index is 497. The molecule has 22 heavy (non-hydrogen) atoms. The molecule has 5 nitrogen and oxygen atoms in total. The zero-order chi connectivity index (χ0) is 16.3. The maximum absolute atomic E-state index is 12.8. The molecule has 1 aliphatic rings. The van der Waals surface area contributed by atoms with Gasteiger partial charge < -0.3 is 10.0 Å². The minimum Gasteiger partial charge on any atom is -0.393 e. The Morgan fingerprint density at radius 1 is 1.41 bits per heavy atom. The molecule has 1 aliphatic heterocycles. The highest BCUT2D eigenvalue weighted by Gasteiger charge is 2.30. The number of carbonyl (C=O) groups is 1. The number of piperidine rings is 1. The first-order valence-corrected chi connectivity index (χ1v) is 7.69. The lowest BCUT2D eigenvalue weighted by Crippen LogP contribution is -2.42. The van der Waals surface area contributed by atoms with Gasteiger partial charge in [-0.1, -0.05) is 13.8 Å². The molecule has 124 valence electrons. The minimum atomic E-state index is -2.82. The van der Waals surface area contributed by atoms with Crippen LogP contribution in [-0.4, -0.2) is 44.9 Å². The Hall–Kier alpha value is -1.50. The molecule has 1 aromatic heterocycles. The van der Waals surface area contributed by atoms with Gasteiger partial charge in [0.25, 0.3) is 5.91 Å². The number of carbonyl (C=O) groups excluding carboxylic acids is 1. The van der Waals surface area contributed by atoms with Crippen molar-refractivity contribution >= 4 is 5.91 Å². The first-order chi connectivity index (χ1) is 10.4. The Morgan fingerprint density at radius 2 is 2.05 bits per heavy atom. The molecular weight excluding hydrogens is 292 g/mol. The van der Waals surface area contributed by atoms with E-state index in [-0.39, 0.29) is 17.7 Å². The van der Waals surface area contributed by atoms with Crippen molar-refractivity contribution in [3.63, 3.8) is 0 Å². The molecule has 7 heteroatoms. The third kappa shape index (κ3) is 3.82. The van der Waals surface area contributed by atoms with E-state index in [1.165, 1.54) is 12.3 Å². The summed E-state index contributed by atoms with van der Waals surface area (Å²) >= 11 is 0. The SMILES string of the molecule is CC(C)C[C@H](O)C1CCN(C(=O)c2ccnn2C(F)F)CC1. The Balaban J connectivity index is 1.94. The highest BCUT2D eigenvalue weighted by Crippen LogP contribution is 2.25. The van der Waals surface area contributed by atoms with Crippen LogP contribution in [0.3, 0.4) is 0 Å². The Morgan fingerprint density at radius 3 is 2.59 bits per heavy atom. The lowest BCUT2D eigenvalue weighted by Gasteiger charge is -2.34. The lowest BCUT2D eigenvalue weighted by molar-refractivity contribution is 0.0321. The van der Waals surface area contributed by atoms with Crippen LogP contribution in [0.15, 0.2) is 12.3 Å². The van der Waals surface area contributed by atoms with Gasteiger partial charge >= 0.3 is 6.55 Å². The van der Waals surface area contributed by atoms with Crippen molar-refractivity contribution < 1.29 is 18.7 Å². The fraction of sp³-hybridized carbons (Fsp3) is 0.733. The van der Waals surface area contributed by atoms with Crippen LogP contribution in [0.1, 0.15) is 50.1 Å². The summed E-state index contributed by atoms with van der Waals surface area (Å²) in [7, 11) is 0. The number of amides is 1. The smallest absolute Gasteiger partial charge is 0.333 e. The predicted octanol–water partition coefficient (Wildman–Crippen LogP) is 2.54. The number of alkyl halides is 2. The second kappa shape index (κ2) is 7.17. The van der Waals surface area contributed by atoms with Gasteiger partial charge in [0, 0.05) is 19.3 Å². The van der Waals surface area contributed by atoms with E-state index >= 15 is 0 Å². The standard InChI is InChI=1S/C15H23F2N3O2/c1-10(2)9-13(21)11-4-7-19(8-5-11)14(22)12-3-6-18-20(12)15(16)17/h3,6,10-11,13,15,21H,4-5,7-9H2,1-2H3/t13-/m0/s1. The molecule has 1 fully saturated rings. The summed E-state index contributed by atoms with van der Waals surface area (Å²) in [5.41, 5.74) is -0.0869. The van der Waals surface area contributed by atoms with Crippen molar-refractivity contribution in [2.45, 2.75) is 45.8 Å². The number of hydrogen-bond donors (Lipinski definition) is 1. The van der Waals surface area contributed by atoms with Gasteiger partial charge in [-0.3, -0.25) is 4.79 Å². The van der Waals surface area contributed by atoms with Gasteiger partial charge in [-0.2, -0.15) is 18.6 Å². The van der Waals surface area contributed by atoms with E-state index in [2.05, 4.69) is 18.9 Å². The van der Waals surface area contributed by atoms with E-state index in [1.54, 1.807) is 4.90 Å². The third-order valence-electron chi connectivity index (χ3n) is 4.16. The van der Waals surface area contributed by atoms with Crippen molar-refractivity contribution in [3.05, 3.63) is 18.0 Å². The first kappa shape index (κ1) is 16.9. The highest BCUT2D eigenvalue weighted by atomic mass is 19.3. The molecular formula is C15H23F2N3O2. The maximum Gasteiger partial charge on any atom is 0.333 e. The number of aliphatic hydroxyl groups is 1. The number of hydrogen-bond acceptors (Lipinski definition) is 3. The van der Waals surface area contributed by atoms with Crippen molar-refractivity contribution in [1.82, 2.24) is 14.7 Å². The molecule has 0 radical (unpaired) electrons. The first-order valence-electron chi connectivity index (χ1n) is 7.69. The van der Waals surface area contributed by atoms with Crippen LogP contribution in [0.25, 0.3) is 0 Å². The second-order valence-corrected chi connectivity index (χ2v) is 6.27. The van der Waals surface area contributed by atoms with E-state index in [0.717, 1.165) is 6.42 Å². The summed E-state index contributed by atoms with van der Waals surface area (Å²) in [5.74, 6) is 0.177. The number of rotatable bonds is 5. The number of likely N-dealkylation sites (tertiary alicyclic amines) is 1. The largest absolute Gasteiger partial charge is 0.393 e. The van der Waals surface area contributed by atoms with E-state index in [0.29, 0.717) is 36.5 Å². The molecule has 2 rings (SSSR count). The number of aliphatic hydroxyl groups excluding tert-OH is 1. The molecule has 0 spiro atoms. The van der Waals surface area contributed by atoms with Gasteiger partial charge in [-0.15, -0.1) is 0 Å². The molecule has 0 bridgehead atoms. The normalized spacial score (nSPS) is 18.2. The summed E-state index contributed by atoms with van der Waals surface area (Å²) in [5, 5.41) is 13.6. The number of aromatic nitrogens is 2. The predicted molar refractivity (Wildman–Crippen MR) is 77.6 cm³/mol. The molecule has 0 saturated carbocycles. The summed E-state index contributed by atoms with van der Waals surface area (Å²) in [6, 6.07) is 1.31. The van der Waals surface area contributed by atoms with Crippen LogP contribution >= 0.6 is 0 Å². The van der Waals surface area contributed by atoms with Crippen LogP contribution in [0.2, 0.25) is 0 Å². The number of halogens is 2. The fourth-order valence-corrected chi connectivity index (χ4v) is 2.96. The summed E-state index contributed by atoms with van der Waals surface area (Å²) in [4.78, 5) is 13.9. The Kier molecular flexibility index (Phi) is 5.50. The number of nitrogens with zero attached hydrogens (tertiary/aromatic N) is 3. The van der Waals surface area contributed by atoms with Crippen LogP contribution in [0, 0.1) is 11.8 Å². The average molecular weight is 315 g/mol. The maximum atomic E-state index is 12.8. The zero-order valence-electron chi connectivity index (χ0n) is 13.0. The molecule has 0 aromatic carbocycles. The molecule has 1 amide bonds. The molecule has 0 aliphatic carbocycles. The molecule has 0 unspecified atom stereocenters. The molecule has 2 heterocycles. The van der Waals surface area contributed by atoms with Crippen molar-refractivity contribution in [3.8, 4) is 0 Å². The van der Waals surface area contributed by atoms with Crippen molar-refractivity contribution in [1.29, 1.82) is 0 Å². The van der Waals surface area contributed by atoms with Crippen LogP contribution in [0.4, 0.5) is 8.78 Å². The summed E-state index contributed by atoms with van der Waals surface area (Å²) < 4.78 is 26.0. The lowest BCUT2D eigenvalue weighted by atomic mass is 9.87. The monoisotopic (exact) mass is 315 g/mol. The minimum absolute atomic E-state index is 0.0869. The fourth-order valence-electron chi connectivity index (χ4n) is 2.96. The van der Waals surface area contributed by atoms with E-state index in [9.17, 15) is 18.7 Å². The Labute approximate surface area is 128 Å². The van der Waals surface area contributed by atoms with E-state index in [1.807, 2.05) is 0 Å². The van der Waals surface area contributed by atoms with Crippen molar-refractivity contribution in [2.75, 3.05) is 13.1 Å². The topological polar surface area (TPSA) is 58.4 Å². The molecule has 1 saturated heterocycles. The van der Waals surface area contributed by atoms with Crippen LogP contribution < -0.4 is 0 Å². The molecule has 1 aromatic rings. The van der Waals surface area contributed by atoms with Gasteiger partial charge in [-0.05, 0) is 37.2 Å². The second-order valence-electron chi connectivity index (χ2n) is 6.27. The zero-order valence-corrected chi connectivity index (χ0v) is 13.0. The van der Waals surface area contributed by atoms with E-state index < -0.39 is 12.5 Å². The molecule has 1 atom stereocenters. The van der Waals surface area contributed by atoms with Gasteiger partial charge in [0.2, 0.25) is 0 Å². The highest BCUT2D eigenvalue weighted by molar-refractivity contribution is 5.92. The van der Waals surface area contributed by atoms with Crippen molar-refractivity contribution in [2.24, 2.45) is 11.8 Å². The van der Waals surface area contributed by atoms with Gasteiger partial charge in [0.1, 0.15) is 5.69 Å². The van der Waals surface area contributed by atoms with Gasteiger partial charge in [0.05, 0.1) is 6.10 Å². The van der Waals surface area contributed by atoms with Crippen LogP contribution in [0.5, 0.6) is 0 Å². The quantitative estimate of drug-likeness (QED) is 0.908. The summed E-state index contributed by atoms with van der Waals surface area (Å²) in [6.07, 6.45) is 2.99. The van der Waals surface area contributed by atoms with Crippen LogP contribution in [-0.2, 0) is 0 Å². The summed E-state index contributed by atoms with van der Waals surface area (Å²) in [6.45, 7) is 2.26. The van der Waals surface area contributed by atoms with Gasteiger partial charge in [-0.25, -0.2) is 0 Å². The average Bonchev–Trinajstić information content (AvgIpc) is 2.95.